The molecular formula is C50H42. The largest absolute Gasteiger partial charge is 0.0842 e. The summed E-state index contributed by atoms with van der Waals surface area (Å²) in [6.45, 7) is 0. The van der Waals surface area contributed by atoms with Gasteiger partial charge in [-0.2, -0.15) is 0 Å². The maximum atomic E-state index is 2.59. The van der Waals surface area contributed by atoms with Gasteiger partial charge in [-0.1, -0.05) is 194 Å². The first-order valence-electron chi connectivity index (χ1n) is 18.4. The lowest BCUT2D eigenvalue weighted by Crippen LogP contribution is -2.43. The molecule has 9 rings (SSSR count). The average molecular weight is 643 g/mol. The monoisotopic (exact) mass is 642 g/mol. The second-order valence-electron chi connectivity index (χ2n) is 14.2. The van der Waals surface area contributed by atoms with Crippen molar-refractivity contribution in [3.8, 4) is 0 Å². The fourth-order valence-corrected chi connectivity index (χ4v) is 9.25. The van der Waals surface area contributed by atoms with Gasteiger partial charge in [-0.15, -0.1) is 0 Å². The van der Waals surface area contributed by atoms with E-state index in [1.807, 2.05) is 0 Å². The summed E-state index contributed by atoms with van der Waals surface area (Å²) in [5, 5.41) is 5.39. The Hall–Kier alpha value is -5.46. The van der Waals surface area contributed by atoms with Crippen LogP contribution in [0, 0.1) is 23.7 Å². The summed E-state index contributed by atoms with van der Waals surface area (Å²) in [6.07, 6.45) is 31.4. The van der Waals surface area contributed by atoms with E-state index in [1.165, 1.54) is 54.6 Å². The van der Waals surface area contributed by atoms with E-state index in [0.717, 1.165) is 19.3 Å². The number of allylic oxidation sites excluding steroid dienone is 14. The molecule has 5 unspecified atom stereocenters. The Morgan fingerprint density at radius 1 is 0.520 bits per heavy atom. The highest BCUT2D eigenvalue weighted by Gasteiger charge is 2.40. The molecule has 0 bridgehead atoms. The molecule has 5 aliphatic carbocycles. The van der Waals surface area contributed by atoms with Crippen molar-refractivity contribution in [1.29, 1.82) is 0 Å². The number of rotatable bonds is 4. The first-order valence-corrected chi connectivity index (χ1v) is 18.4. The lowest BCUT2D eigenvalue weighted by atomic mass is 9.61. The van der Waals surface area contributed by atoms with Crippen molar-refractivity contribution in [1.82, 2.24) is 0 Å². The molecule has 0 nitrogen and oxygen atoms in total. The first-order chi connectivity index (χ1) is 24.8. The smallest absolute Gasteiger partial charge is 0.0134 e. The van der Waals surface area contributed by atoms with Gasteiger partial charge in [-0.05, 0) is 79.8 Å². The Kier molecular flexibility index (Phi) is 8.23. The maximum absolute atomic E-state index is 2.59. The summed E-state index contributed by atoms with van der Waals surface area (Å²) in [6, 6.07) is 43.1. The molecule has 0 saturated heterocycles. The van der Waals surface area contributed by atoms with E-state index in [1.54, 1.807) is 5.57 Å². The average Bonchev–Trinajstić information content (AvgIpc) is 3.19. The van der Waals surface area contributed by atoms with E-state index in [0.29, 0.717) is 17.8 Å². The third-order valence-corrected chi connectivity index (χ3v) is 11.4. The number of benzene rings is 3. The van der Waals surface area contributed by atoms with Crippen molar-refractivity contribution >= 4 is 27.5 Å². The molecular weight excluding hydrogens is 601 g/mol. The fraction of sp³-hybridized carbons (Fsp3) is 0.160. The van der Waals surface area contributed by atoms with Crippen molar-refractivity contribution in [2.75, 3.05) is 0 Å². The molecule has 0 spiro atoms. The third-order valence-electron chi connectivity index (χ3n) is 11.4. The Bertz CT molecular complexity index is 2370. The van der Waals surface area contributed by atoms with Crippen LogP contribution >= 0.6 is 0 Å². The maximum Gasteiger partial charge on any atom is 0.0134 e. The van der Waals surface area contributed by atoms with Crippen LogP contribution < -0.4 is 10.4 Å². The van der Waals surface area contributed by atoms with Crippen LogP contribution in [0.1, 0.15) is 41.9 Å². The zero-order valence-corrected chi connectivity index (χ0v) is 28.4. The van der Waals surface area contributed by atoms with Gasteiger partial charge in [0.05, 0.1) is 0 Å². The molecule has 0 saturated carbocycles. The number of fused-ring (bicyclic) bond motifs is 4. The van der Waals surface area contributed by atoms with Gasteiger partial charge in [0, 0.05) is 23.7 Å². The number of hydrogen-bond acceptors (Lipinski definition) is 0. The summed E-state index contributed by atoms with van der Waals surface area (Å²) >= 11 is 0. The van der Waals surface area contributed by atoms with Gasteiger partial charge in [-0.3, -0.25) is 0 Å². The molecule has 0 radical (unpaired) electrons. The quantitative estimate of drug-likeness (QED) is 0.208. The zero-order chi connectivity index (χ0) is 33.3. The molecule has 0 fully saturated rings. The minimum absolute atomic E-state index is 0.226. The van der Waals surface area contributed by atoms with E-state index >= 15 is 0 Å². The van der Waals surface area contributed by atoms with Crippen molar-refractivity contribution in [2.24, 2.45) is 23.7 Å². The standard InChI is InChI=1S/C50H42/c1-2-10-28-42(41-27-14-13-26-40(41)39(25-9-1)35-19-5-3-6-20-35)49-43-29-15-17-31-45(43)50(46-32-18-16-30-44(46)49)48-34-38-24-12-11-23-37(38)33-47(48)36-21-7-4-8-22-36/h1-5,7-19,21-33,38,43,45,47-48H,6,20,34H2. The molecule has 0 amide bonds. The van der Waals surface area contributed by atoms with Crippen LogP contribution in [-0.2, 0) is 0 Å². The lowest BCUT2D eigenvalue weighted by molar-refractivity contribution is 0.440. The van der Waals surface area contributed by atoms with Crippen LogP contribution in [0.5, 0.6) is 0 Å². The topological polar surface area (TPSA) is 0 Å². The Morgan fingerprint density at radius 2 is 1.18 bits per heavy atom. The summed E-state index contributed by atoms with van der Waals surface area (Å²) < 4.78 is 0. The molecule has 0 N–H and O–H groups in total. The first kappa shape index (κ1) is 30.6. The second-order valence-corrected chi connectivity index (χ2v) is 14.2. The van der Waals surface area contributed by atoms with E-state index in [2.05, 4.69) is 188 Å². The van der Waals surface area contributed by atoms with Crippen LogP contribution in [0.25, 0.3) is 27.5 Å². The van der Waals surface area contributed by atoms with Crippen molar-refractivity contribution in [2.45, 2.75) is 25.2 Å². The van der Waals surface area contributed by atoms with Crippen molar-refractivity contribution < 1.29 is 0 Å². The minimum Gasteiger partial charge on any atom is -0.0842 e. The summed E-state index contributed by atoms with van der Waals surface area (Å²) in [4.78, 5) is 0. The molecule has 0 heterocycles. The minimum atomic E-state index is 0.226. The highest BCUT2D eigenvalue weighted by atomic mass is 14.4. The van der Waals surface area contributed by atoms with Gasteiger partial charge in [0.15, 0.2) is 0 Å². The van der Waals surface area contributed by atoms with Crippen LogP contribution in [-0.4, -0.2) is 0 Å². The molecule has 0 aromatic heterocycles. The van der Waals surface area contributed by atoms with Crippen LogP contribution in [0.15, 0.2) is 194 Å². The molecule has 4 aromatic rings. The van der Waals surface area contributed by atoms with Gasteiger partial charge >= 0.3 is 0 Å². The normalized spacial score (nSPS) is 24.5. The summed E-state index contributed by atoms with van der Waals surface area (Å²) in [5.41, 5.74) is 9.93. The Labute approximate surface area is 296 Å². The molecule has 50 heavy (non-hydrogen) atoms. The molecule has 242 valence electrons. The predicted molar refractivity (Wildman–Crippen MR) is 212 cm³/mol. The molecule has 5 atom stereocenters. The summed E-state index contributed by atoms with van der Waals surface area (Å²) in [7, 11) is 0. The highest BCUT2D eigenvalue weighted by Crippen LogP contribution is 2.50. The predicted octanol–water partition coefficient (Wildman–Crippen LogP) is 10.9. The van der Waals surface area contributed by atoms with Gasteiger partial charge < -0.3 is 0 Å². The highest BCUT2D eigenvalue weighted by molar-refractivity contribution is 6.00. The molecule has 0 aliphatic heterocycles. The second kappa shape index (κ2) is 13.4. The van der Waals surface area contributed by atoms with Gasteiger partial charge in [0.2, 0.25) is 0 Å². The van der Waals surface area contributed by atoms with Crippen molar-refractivity contribution in [3.63, 3.8) is 0 Å². The van der Waals surface area contributed by atoms with Gasteiger partial charge in [-0.25, -0.2) is 0 Å². The summed E-state index contributed by atoms with van der Waals surface area (Å²) in [5.74, 6) is 1.63. The van der Waals surface area contributed by atoms with Crippen LogP contribution in [0.4, 0.5) is 0 Å². The van der Waals surface area contributed by atoms with Gasteiger partial charge in [0.25, 0.3) is 0 Å². The van der Waals surface area contributed by atoms with Gasteiger partial charge in [0.1, 0.15) is 0 Å². The molecule has 4 aromatic carbocycles. The van der Waals surface area contributed by atoms with E-state index in [4.69, 9.17) is 0 Å². The molecule has 5 aliphatic rings. The number of hydrogen-bond donors (Lipinski definition) is 0. The van der Waals surface area contributed by atoms with Crippen molar-refractivity contribution in [3.05, 3.63) is 221 Å². The van der Waals surface area contributed by atoms with Crippen LogP contribution in [0.3, 0.4) is 0 Å². The zero-order valence-electron chi connectivity index (χ0n) is 28.4. The third kappa shape index (κ3) is 5.50. The Morgan fingerprint density at radius 3 is 1.98 bits per heavy atom. The van der Waals surface area contributed by atoms with E-state index < -0.39 is 0 Å². The molecule has 0 heteroatoms. The van der Waals surface area contributed by atoms with E-state index in [-0.39, 0.29) is 11.8 Å². The van der Waals surface area contributed by atoms with Crippen LogP contribution in [0.2, 0.25) is 0 Å². The van der Waals surface area contributed by atoms with E-state index in [9.17, 15) is 0 Å². The Balaban J connectivity index is 1.37. The lowest BCUT2D eigenvalue weighted by Gasteiger charge is -2.42. The SMILES string of the molecule is C1=CCCC(c2ccccccc(C3=c4ccccc4=C(C4CC5C=CC=CC5=CC4c4ccccc4)C4C=CC=CC34)c3ccccc23)=C1. The fourth-order valence-electron chi connectivity index (χ4n) is 9.25.